The van der Waals surface area contributed by atoms with E-state index in [1.165, 1.54) is 0 Å². The van der Waals surface area contributed by atoms with Gasteiger partial charge in [-0.15, -0.1) is 0 Å². The summed E-state index contributed by atoms with van der Waals surface area (Å²) in [5.74, 6) is 1.26. The second-order valence-corrected chi connectivity index (χ2v) is 6.78. The molecule has 1 aliphatic heterocycles. The molecule has 0 spiro atoms. The zero-order chi connectivity index (χ0) is 17.4. The summed E-state index contributed by atoms with van der Waals surface area (Å²) < 4.78 is 3.66. The molecule has 1 aliphatic rings. The Morgan fingerprint density at radius 2 is 2.12 bits per heavy atom. The van der Waals surface area contributed by atoms with Crippen molar-refractivity contribution in [3.8, 4) is 0 Å². The van der Waals surface area contributed by atoms with Gasteiger partial charge in [-0.1, -0.05) is 11.6 Å². The number of amides is 1. The lowest BCUT2D eigenvalue weighted by Crippen LogP contribution is -2.30. The van der Waals surface area contributed by atoms with Crippen molar-refractivity contribution in [2.45, 2.75) is 25.9 Å². The number of imidazole rings is 1. The minimum Gasteiger partial charge on any atom is -0.336 e. The highest BCUT2D eigenvalue weighted by Gasteiger charge is 2.40. The highest BCUT2D eigenvalue weighted by Crippen LogP contribution is 2.35. The van der Waals surface area contributed by atoms with Crippen molar-refractivity contribution in [3.05, 3.63) is 34.6 Å². The number of carbonyl (C=O) groups is 1. The van der Waals surface area contributed by atoms with Crippen molar-refractivity contribution >= 4 is 17.5 Å². The zero-order valence-electron chi connectivity index (χ0n) is 14.5. The summed E-state index contributed by atoms with van der Waals surface area (Å²) in [5, 5.41) is 8.41. The zero-order valence-corrected chi connectivity index (χ0v) is 15.2. The van der Waals surface area contributed by atoms with E-state index in [0.29, 0.717) is 18.1 Å². The van der Waals surface area contributed by atoms with E-state index >= 15 is 0 Å². The van der Waals surface area contributed by atoms with Crippen LogP contribution in [0.15, 0.2) is 12.4 Å². The van der Waals surface area contributed by atoms with Gasteiger partial charge in [0, 0.05) is 64.5 Å². The van der Waals surface area contributed by atoms with Gasteiger partial charge in [0.15, 0.2) is 0 Å². The summed E-state index contributed by atoms with van der Waals surface area (Å²) in [6, 6.07) is -0.00420. The number of nitrogens with zero attached hydrogens (tertiary/aromatic N) is 5. The Morgan fingerprint density at radius 3 is 2.71 bits per heavy atom. The van der Waals surface area contributed by atoms with Crippen LogP contribution in [0.4, 0.5) is 0 Å². The number of nitrogens with one attached hydrogen (secondary N) is 1. The maximum absolute atomic E-state index is 12.2. The normalized spacial score (nSPS) is 21.0. The Kier molecular flexibility index (Phi) is 4.64. The first-order chi connectivity index (χ1) is 11.4. The Bertz CT molecular complexity index is 752. The van der Waals surface area contributed by atoms with Crippen LogP contribution < -0.4 is 5.32 Å². The SMILES string of the molecule is Cc1nn(C)c(Cl)c1CNC[C@@H]1CC(=O)N(C)[C@H]1c1nccn1C. The van der Waals surface area contributed by atoms with Crippen LogP contribution in [-0.2, 0) is 25.4 Å². The Morgan fingerprint density at radius 1 is 1.38 bits per heavy atom. The topological polar surface area (TPSA) is 68.0 Å². The second-order valence-electron chi connectivity index (χ2n) is 6.42. The number of hydrogen-bond donors (Lipinski definition) is 1. The molecular weight excluding hydrogens is 328 g/mol. The van der Waals surface area contributed by atoms with Crippen molar-refractivity contribution in [2.75, 3.05) is 13.6 Å². The fraction of sp³-hybridized carbons (Fsp3) is 0.562. The van der Waals surface area contributed by atoms with Gasteiger partial charge in [-0.05, 0) is 6.92 Å². The summed E-state index contributed by atoms with van der Waals surface area (Å²) in [5.41, 5.74) is 1.93. The Labute approximate surface area is 146 Å². The van der Waals surface area contributed by atoms with E-state index in [1.54, 1.807) is 15.8 Å². The largest absolute Gasteiger partial charge is 0.336 e. The van der Waals surface area contributed by atoms with E-state index in [1.807, 2.05) is 38.8 Å². The predicted octanol–water partition coefficient (Wildman–Crippen LogP) is 1.42. The molecule has 1 fully saturated rings. The number of aromatic nitrogens is 4. The summed E-state index contributed by atoms with van der Waals surface area (Å²) in [7, 11) is 5.65. The highest BCUT2D eigenvalue weighted by molar-refractivity contribution is 6.30. The van der Waals surface area contributed by atoms with E-state index in [2.05, 4.69) is 15.4 Å². The molecule has 130 valence electrons. The predicted molar refractivity (Wildman–Crippen MR) is 91.5 cm³/mol. The number of hydrogen-bond acceptors (Lipinski definition) is 4. The number of carbonyl (C=O) groups excluding carboxylic acids is 1. The quantitative estimate of drug-likeness (QED) is 0.885. The Hall–Kier alpha value is -1.86. The average molecular weight is 351 g/mol. The first kappa shape index (κ1) is 17.0. The van der Waals surface area contributed by atoms with E-state index in [9.17, 15) is 4.79 Å². The smallest absolute Gasteiger partial charge is 0.223 e. The first-order valence-electron chi connectivity index (χ1n) is 8.01. The lowest BCUT2D eigenvalue weighted by molar-refractivity contribution is -0.127. The van der Waals surface area contributed by atoms with Gasteiger partial charge >= 0.3 is 0 Å². The molecule has 2 atom stereocenters. The fourth-order valence-electron chi connectivity index (χ4n) is 3.44. The maximum Gasteiger partial charge on any atom is 0.223 e. The monoisotopic (exact) mass is 350 g/mol. The van der Waals surface area contributed by atoms with Crippen LogP contribution in [0.5, 0.6) is 0 Å². The van der Waals surface area contributed by atoms with Gasteiger partial charge < -0.3 is 14.8 Å². The molecule has 24 heavy (non-hydrogen) atoms. The first-order valence-corrected chi connectivity index (χ1v) is 8.39. The van der Waals surface area contributed by atoms with Crippen molar-refractivity contribution in [3.63, 3.8) is 0 Å². The summed E-state index contributed by atoms with van der Waals surface area (Å²) in [6.07, 6.45) is 4.21. The standard InChI is InChI=1S/C16H23ClN6O/c1-10-12(15(17)23(4)20-10)9-18-8-11-7-13(24)22(3)14(11)16-19-5-6-21(16)2/h5-6,11,14,18H,7-9H2,1-4H3/t11-,14+/m0/s1. The average Bonchev–Trinajstić information content (AvgIpc) is 3.13. The van der Waals surface area contributed by atoms with Crippen LogP contribution in [0, 0.1) is 12.8 Å². The van der Waals surface area contributed by atoms with Gasteiger partial charge in [-0.25, -0.2) is 4.98 Å². The maximum atomic E-state index is 12.2. The summed E-state index contributed by atoms with van der Waals surface area (Å²) in [4.78, 5) is 18.4. The van der Waals surface area contributed by atoms with Crippen molar-refractivity contribution in [2.24, 2.45) is 20.0 Å². The molecule has 0 radical (unpaired) electrons. The molecular formula is C16H23ClN6O. The lowest BCUT2D eigenvalue weighted by Gasteiger charge is -2.24. The van der Waals surface area contributed by atoms with Gasteiger partial charge in [0.1, 0.15) is 11.0 Å². The van der Waals surface area contributed by atoms with E-state index in [0.717, 1.165) is 23.6 Å². The third kappa shape index (κ3) is 2.93. The van der Waals surface area contributed by atoms with E-state index in [-0.39, 0.29) is 17.9 Å². The molecule has 2 aromatic heterocycles. The molecule has 1 N–H and O–H groups in total. The number of aryl methyl sites for hydroxylation is 3. The van der Waals surface area contributed by atoms with Crippen molar-refractivity contribution in [1.29, 1.82) is 0 Å². The molecule has 1 saturated heterocycles. The molecule has 0 aliphatic carbocycles. The molecule has 0 aromatic carbocycles. The summed E-state index contributed by atoms with van der Waals surface area (Å²) in [6.45, 7) is 3.31. The number of rotatable bonds is 5. The fourth-order valence-corrected chi connectivity index (χ4v) is 3.68. The molecule has 0 saturated carbocycles. The van der Waals surface area contributed by atoms with Crippen molar-refractivity contribution < 1.29 is 4.79 Å². The van der Waals surface area contributed by atoms with Crippen molar-refractivity contribution in [1.82, 2.24) is 29.5 Å². The molecule has 0 unspecified atom stereocenters. The van der Waals surface area contributed by atoms with Gasteiger partial charge in [-0.3, -0.25) is 9.48 Å². The summed E-state index contributed by atoms with van der Waals surface area (Å²) >= 11 is 6.27. The van der Waals surface area contributed by atoms with Crippen LogP contribution in [0.2, 0.25) is 5.15 Å². The van der Waals surface area contributed by atoms with Crippen LogP contribution in [0.25, 0.3) is 0 Å². The van der Waals surface area contributed by atoms with E-state index in [4.69, 9.17) is 11.6 Å². The van der Waals surface area contributed by atoms with Gasteiger partial charge in [0.25, 0.3) is 0 Å². The molecule has 8 heteroatoms. The van der Waals surface area contributed by atoms with Crippen LogP contribution in [0.3, 0.4) is 0 Å². The number of halogens is 1. The molecule has 3 rings (SSSR count). The van der Waals surface area contributed by atoms with Crippen LogP contribution in [-0.4, -0.2) is 43.7 Å². The third-order valence-electron chi connectivity index (χ3n) is 4.80. The lowest BCUT2D eigenvalue weighted by atomic mass is 9.99. The van der Waals surface area contributed by atoms with Gasteiger partial charge in [-0.2, -0.15) is 5.10 Å². The van der Waals surface area contributed by atoms with Crippen LogP contribution in [0.1, 0.15) is 29.5 Å². The molecule has 0 bridgehead atoms. The second kappa shape index (κ2) is 6.57. The minimum absolute atomic E-state index is 0.00420. The molecule has 3 heterocycles. The van der Waals surface area contributed by atoms with Gasteiger partial charge in [0.2, 0.25) is 5.91 Å². The van der Waals surface area contributed by atoms with Crippen LogP contribution >= 0.6 is 11.6 Å². The van der Waals surface area contributed by atoms with Gasteiger partial charge in [0.05, 0.1) is 11.7 Å². The number of likely N-dealkylation sites (tertiary alicyclic amines) is 1. The molecule has 7 nitrogen and oxygen atoms in total. The third-order valence-corrected chi connectivity index (χ3v) is 5.27. The molecule has 2 aromatic rings. The minimum atomic E-state index is -0.00420. The Balaban J connectivity index is 1.69. The molecule has 1 amide bonds. The van der Waals surface area contributed by atoms with E-state index < -0.39 is 0 Å². The highest BCUT2D eigenvalue weighted by atomic mass is 35.5.